The van der Waals surface area contributed by atoms with Gasteiger partial charge in [0.15, 0.2) is 11.5 Å². The van der Waals surface area contributed by atoms with Gasteiger partial charge in [-0.3, -0.25) is 9.78 Å². The van der Waals surface area contributed by atoms with Crippen LogP contribution in [0.15, 0.2) is 42.6 Å². The predicted molar refractivity (Wildman–Crippen MR) is 83.8 cm³/mol. The van der Waals surface area contributed by atoms with Gasteiger partial charge in [-0.05, 0) is 24.3 Å². The number of carbonyl (C=O) groups is 1. The van der Waals surface area contributed by atoms with Crippen LogP contribution in [-0.4, -0.2) is 37.8 Å². The zero-order valence-electron chi connectivity index (χ0n) is 12.8. The average Bonchev–Trinajstić information content (AvgIpc) is 2.61. The van der Waals surface area contributed by atoms with Crippen molar-refractivity contribution < 1.29 is 19.0 Å². The number of aromatic nitrogens is 1. The number of methoxy groups -OCH3 is 1. The van der Waals surface area contributed by atoms with Crippen molar-refractivity contribution in [3.8, 4) is 11.5 Å². The zero-order valence-corrected chi connectivity index (χ0v) is 12.8. The van der Waals surface area contributed by atoms with Crippen LogP contribution in [0.5, 0.6) is 11.5 Å². The molecule has 2 aromatic rings. The Morgan fingerprint density at radius 1 is 1.26 bits per heavy atom. The van der Waals surface area contributed by atoms with Crippen molar-refractivity contribution in [1.29, 1.82) is 0 Å². The van der Waals surface area contributed by atoms with Crippen LogP contribution in [0.4, 0.5) is 0 Å². The van der Waals surface area contributed by atoms with E-state index in [9.17, 15) is 4.79 Å². The highest BCUT2D eigenvalue weighted by atomic mass is 16.6. The van der Waals surface area contributed by atoms with E-state index in [0.29, 0.717) is 36.9 Å². The molecule has 2 heterocycles. The molecule has 0 radical (unpaired) electrons. The SMILES string of the molecule is COCC(NC(=O)c1cccc2c1OCCO2)c1ccccn1. The molecule has 0 bridgehead atoms. The van der Waals surface area contributed by atoms with Gasteiger partial charge in [0.2, 0.25) is 0 Å². The predicted octanol–water partition coefficient (Wildman–Crippen LogP) is 1.97. The minimum Gasteiger partial charge on any atom is -0.486 e. The maximum atomic E-state index is 12.6. The van der Waals surface area contributed by atoms with E-state index >= 15 is 0 Å². The molecule has 0 saturated carbocycles. The summed E-state index contributed by atoms with van der Waals surface area (Å²) in [6.45, 7) is 1.24. The molecular formula is C17H18N2O4. The van der Waals surface area contributed by atoms with Crippen molar-refractivity contribution in [1.82, 2.24) is 10.3 Å². The van der Waals surface area contributed by atoms with Crippen molar-refractivity contribution in [2.75, 3.05) is 26.9 Å². The molecule has 3 rings (SSSR count). The van der Waals surface area contributed by atoms with Crippen LogP contribution in [0.2, 0.25) is 0 Å². The summed E-state index contributed by atoms with van der Waals surface area (Å²) >= 11 is 0. The van der Waals surface area contributed by atoms with Crippen LogP contribution >= 0.6 is 0 Å². The van der Waals surface area contributed by atoms with Crippen LogP contribution in [-0.2, 0) is 4.74 Å². The lowest BCUT2D eigenvalue weighted by molar-refractivity contribution is 0.0884. The second-order valence-corrected chi connectivity index (χ2v) is 5.07. The Hall–Kier alpha value is -2.60. The minimum absolute atomic E-state index is 0.250. The Kier molecular flexibility index (Phi) is 4.73. The lowest BCUT2D eigenvalue weighted by Crippen LogP contribution is -2.32. The first-order chi connectivity index (χ1) is 11.3. The molecule has 120 valence electrons. The van der Waals surface area contributed by atoms with Gasteiger partial charge in [-0.15, -0.1) is 0 Å². The fourth-order valence-corrected chi connectivity index (χ4v) is 2.44. The summed E-state index contributed by atoms with van der Waals surface area (Å²) in [5, 5.41) is 2.94. The first-order valence-corrected chi connectivity index (χ1v) is 7.39. The fourth-order valence-electron chi connectivity index (χ4n) is 2.44. The van der Waals surface area contributed by atoms with Crippen LogP contribution in [0.1, 0.15) is 22.1 Å². The van der Waals surface area contributed by atoms with Crippen LogP contribution in [0, 0.1) is 0 Å². The molecule has 1 amide bonds. The van der Waals surface area contributed by atoms with Crippen LogP contribution in [0.3, 0.4) is 0 Å². The second kappa shape index (κ2) is 7.11. The number of nitrogens with one attached hydrogen (secondary N) is 1. The quantitative estimate of drug-likeness (QED) is 0.914. The van der Waals surface area contributed by atoms with Gasteiger partial charge < -0.3 is 19.5 Å². The smallest absolute Gasteiger partial charge is 0.255 e. The molecule has 0 saturated heterocycles. The standard InChI is InChI=1S/C17H18N2O4/c1-21-11-14(13-6-2-3-8-18-13)19-17(20)12-5-4-7-15-16(12)23-10-9-22-15/h2-8,14H,9-11H2,1H3,(H,19,20). The number of fused-ring (bicyclic) bond motifs is 1. The highest BCUT2D eigenvalue weighted by Crippen LogP contribution is 2.33. The summed E-state index contributed by atoms with van der Waals surface area (Å²) in [6.07, 6.45) is 1.69. The summed E-state index contributed by atoms with van der Waals surface area (Å²) in [6, 6.07) is 10.5. The monoisotopic (exact) mass is 314 g/mol. The Morgan fingerprint density at radius 3 is 2.91 bits per heavy atom. The minimum atomic E-state index is -0.339. The Balaban J connectivity index is 1.82. The molecule has 6 heteroatoms. The van der Waals surface area contributed by atoms with E-state index in [0.717, 1.165) is 5.69 Å². The molecule has 1 N–H and O–H groups in total. The van der Waals surface area contributed by atoms with Gasteiger partial charge in [-0.1, -0.05) is 12.1 Å². The van der Waals surface area contributed by atoms with E-state index in [-0.39, 0.29) is 11.9 Å². The maximum Gasteiger partial charge on any atom is 0.255 e. The summed E-state index contributed by atoms with van der Waals surface area (Å²) in [4.78, 5) is 16.9. The highest BCUT2D eigenvalue weighted by molar-refractivity contribution is 5.98. The summed E-state index contributed by atoms with van der Waals surface area (Å²) in [7, 11) is 1.59. The first kappa shape index (κ1) is 15.3. The molecule has 1 aliphatic heterocycles. The molecule has 6 nitrogen and oxygen atoms in total. The molecular weight excluding hydrogens is 296 g/mol. The van der Waals surface area contributed by atoms with Crippen LogP contribution in [0.25, 0.3) is 0 Å². The Morgan fingerprint density at radius 2 is 2.13 bits per heavy atom. The molecule has 23 heavy (non-hydrogen) atoms. The number of rotatable bonds is 5. The number of pyridine rings is 1. The third-order valence-electron chi connectivity index (χ3n) is 3.49. The van der Waals surface area contributed by atoms with Gasteiger partial charge in [0.1, 0.15) is 13.2 Å². The zero-order chi connectivity index (χ0) is 16.1. The number of para-hydroxylation sites is 1. The largest absolute Gasteiger partial charge is 0.486 e. The Bertz CT molecular complexity index is 676. The van der Waals surface area contributed by atoms with Crippen molar-refractivity contribution in [2.45, 2.75) is 6.04 Å². The molecule has 1 aromatic heterocycles. The summed E-state index contributed by atoms with van der Waals surface area (Å²) < 4.78 is 16.3. The molecule has 1 aromatic carbocycles. The highest BCUT2D eigenvalue weighted by Gasteiger charge is 2.23. The van der Waals surface area contributed by atoms with Gasteiger partial charge >= 0.3 is 0 Å². The maximum absolute atomic E-state index is 12.6. The van der Waals surface area contributed by atoms with E-state index in [1.54, 1.807) is 31.5 Å². The number of ether oxygens (including phenoxy) is 3. The Labute approximate surface area is 134 Å². The topological polar surface area (TPSA) is 69.7 Å². The summed E-state index contributed by atoms with van der Waals surface area (Å²) in [5.74, 6) is 0.818. The third kappa shape index (κ3) is 3.43. The van der Waals surface area contributed by atoms with Gasteiger partial charge in [0, 0.05) is 13.3 Å². The van der Waals surface area contributed by atoms with E-state index in [2.05, 4.69) is 10.3 Å². The molecule has 1 atom stereocenters. The molecule has 0 fully saturated rings. The number of hydrogen-bond donors (Lipinski definition) is 1. The van der Waals surface area contributed by atoms with Crippen LogP contribution < -0.4 is 14.8 Å². The molecule has 0 spiro atoms. The molecule has 1 unspecified atom stereocenters. The second-order valence-electron chi connectivity index (χ2n) is 5.07. The molecule has 0 aliphatic carbocycles. The van der Waals surface area contributed by atoms with Gasteiger partial charge in [-0.25, -0.2) is 0 Å². The van der Waals surface area contributed by atoms with Crippen molar-refractivity contribution >= 4 is 5.91 Å². The number of carbonyl (C=O) groups excluding carboxylic acids is 1. The van der Waals surface area contributed by atoms with E-state index in [4.69, 9.17) is 14.2 Å². The third-order valence-corrected chi connectivity index (χ3v) is 3.49. The van der Waals surface area contributed by atoms with Gasteiger partial charge in [0.05, 0.1) is 23.9 Å². The number of hydrogen-bond acceptors (Lipinski definition) is 5. The lowest BCUT2D eigenvalue weighted by Gasteiger charge is -2.22. The van der Waals surface area contributed by atoms with E-state index in [1.807, 2.05) is 18.2 Å². The average molecular weight is 314 g/mol. The fraction of sp³-hybridized carbons (Fsp3) is 0.294. The number of amides is 1. The lowest BCUT2D eigenvalue weighted by atomic mass is 10.1. The normalized spacial score (nSPS) is 14.1. The van der Waals surface area contributed by atoms with Gasteiger partial charge in [0.25, 0.3) is 5.91 Å². The number of benzene rings is 1. The first-order valence-electron chi connectivity index (χ1n) is 7.39. The summed E-state index contributed by atoms with van der Waals surface area (Å²) in [5.41, 5.74) is 1.18. The van der Waals surface area contributed by atoms with E-state index in [1.165, 1.54) is 0 Å². The molecule has 1 aliphatic rings. The van der Waals surface area contributed by atoms with Crippen molar-refractivity contribution in [3.63, 3.8) is 0 Å². The van der Waals surface area contributed by atoms with E-state index < -0.39 is 0 Å². The van der Waals surface area contributed by atoms with Crippen molar-refractivity contribution in [3.05, 3.63) is 53.9 Å². The van der Waals surface area contributed by atoms with Gasteiger partial charge in [-0.2, -0.15) is 0 Å². The van der Waals surface area contributed by atoms with Crippen molar-refractivity contribution in [2.24, 2.45) is 0 Å². The number of nitrogens with zero attached hydrogens (tertiary/aromatic N) is 1.